The summed E-state index contributed by atoms with van der Waals surface area (Å²) >= 11 is 0. The van der Waals surface area contributed by atoms with Crippen molar-refractivity contribution in [3.8, 4) is 0 Å². The summed E-state index contributed by atoms with van der Waals surface area (Å²) in [7, 11) is 0. The number of benzene rings is 1. The third kappa shape index (κ3) is 5.70. The predicted octanol–water partition coefficient (Wildman–Crippen LogP) is 1.51. The van der Waals surface area contributed by atoms with E-state index in [-0.39, 0.29) is 0 Å². The first kappa shape index (κ1) is 16.0. The highest BCUT2D eigenvalue weighted by molar-refractivity contribution is 5.85. The fourth-order valence-corrected chi connectivity index (χ4v) is 1.40. The highest BCUT2D eigenvalue weighted by Crippen LogP contribution is 2.15. The van der Waals surface area contributed by atoms with Crippen LogP contribution in [0.5, 0.6) is 0 Å². The van der Waals surface area contributed by atoms with Crippen LogP contribution in [0.1, 0.15) is 11.6 Å². The molecule has 0 saturated carbocycles. The van der Waals surface area contributed by atoms with Gasteiger partial charge in [0.1, 0.15) is 13.2 Å². The quantitative estimate of drug-likeness (QED) is 0.833. The number of halogens is 3. The molecule has 0 aliphatic heterocycles. The molecule has 2 N–H and O–H groups in total. The second-order valence-electron chi connectivity index (χ2n) is 3.86. The Labute approximate surface area is 112 Å². The van der Waals surface area contributed by atoms with Crippen molar-refractivity contribution in [3.63, 3.8) is 0 Å². The molecule has 1 aromatic carbocycles. The Morgan fingerprint density at radius 3 is 2.35 bits per heavy atom. The number of carboxylic acid groups (broad SMARTS) is 1. The summed E-state index contributed by atoms with van der Waals surface area (Å²) in [5.74, 6) is -2.26. The van der Waals surface area contributed by atoms with Crippen LogP contribution in [0.4, 0.5) is 13.2 Å². The van der Waals surface area contributed by atoms with Gasteiger partial charge in [0.2, 0.25) is 5.91 Å². The number of hydrogen-bond acceptors (Lipinski definition) is 3. The fourth-order valence-electron chi connectivity index (χ4n) is 1.40. The van der Waals surface area contributed by atoms with E-state index in [0.29, 0.717) is 5.56 Å². The van der Waals surface area contributed by atoms with Crippen molar-refractivity contribution in [1.29, 1.82) is 0 Å². The average molecular weight is 291 g/mol. The molecule has 0 aromatic heterocycles. The zero-order valence-electron chi connectivity index (χ0n) is 10.2. The number of ether oxygens (including phenoxy) is 1. The minimum atomic E-state index is -4.54. The first-order valence-corrected chi connectivity index (χ1v) is 5.51. The molecule has 0 spiro atoms. The maximum atomic E-state index is 11.8. The van der Waals surface area contributed by atoms with Gasteiger partial charge in [-0.05, 0) is 5.56 Å². The van der Waals surface area contributed by atoms with Gasteiger partial charge in [0.15, 0.2) is 6.04 Å². The monoisotopic (exact) mass is 291 g/mol. The van der Waals surface area contributed by atoms with E-state index in [2.05, 4.69) is 10.1 Å². The lowest BCUT2D eigenvalue weighted by molar-refractivity contribution is -0.176. The minimum absolute atomic E-state index is 0.309. The Balaban J connectivity index is 2.55. The van der Waals surface area contributed by atoms with Gasteiger partial charge in [-0.25, -0.2) is 4.79 Å². The molecule has 1 atom stereocenters. The molecule has 0 bridgehead atoms. The molecule has 5 nitrogen and oxygen atoms in total. The molecule has 1 aromatic rings. The lowest BCUT2D eigenvalue weighted by Gasteiger charge is -2.15. The van der Waals surface area contributed by atoms with Crippen molar-refractivity contribution in [2.45, 2.75) is 12.2 Å². The Morgan fingerprint density at radius 1 is 1.25 bits per heavy atom. The summed E-state index contributed by atoms with van der Waals surface area (Å²) in [5, 5.41) is 11.1. The Bertz CT molecular complexity index is 462. The number of aliphatic carboxylic acids is 1. The van der Waals surface area contributed by atoms with Crippen LogP contribution in [-0.2, 0) is 14.3 Å². The fraction of sp³-hybridized carbons (Fsp3) is 0.333. The normalized spacial score (nSPS) is 12.8. The van der Waals surface area contributed by atoms with Gasteiger partial charge < -0.3 is 15.2 Å². The van der Waals surface area contributed by atoms with Gasteiger partial charge in [0, 0.05) is 0 Å². The first-order chi connectivity index (χ1) is 9.29. The van der Waals surface area contributed by atoms with E-state index in [1.54, 1.807) is 18.2 Å². The van der Waals surface area contributed by atoms with Gasteiger partial charge in [-0.1, -0.05) is 30.3 Å². The van der Waals surface area contributed by atoms with Gasteiger partial charge in [-0.3, -0.25) is 4.79 Å². The second kappa shape index (κ2) is 6.90. The second-order valence-corrected chi connectivity index (χ2v) is 3.86. The Kier molecular flexibility index (Phi) is 5.51. The van der Waals surface area contributed by atoms with Crippen LogP contribution >= 0.6 is 0 Å². The van der Waals surface area contributed by atoms with Crippen molar-refractivity contribution in [3.05, 3.63) is 35.9 Å². The van der Waals surface area contributed by atoms with E-state index in [1.807, 2.05) is 0 Å². The lowest BCUT2D eigenvalue weighted by atomic mass is 10.1. The van der Waals surface area contributed by atoms with Gasteiger partial charge in [0.25, 0.3) is 0 Å². The summed E-state index contributed by atoms with van der Waals surface area (Å²) in [6.45, 7) is -2.43. The topological polar surface area (TPSA) is 75.6 Å². The zero-order valence-corrected chi connectivity index (χ0v) is 10.2. The molecule has 0 saturated heterocycles. The van der Waals surface area contributed by atoms with Crippen LogP contribution < -0.4 is 5.32 Å². The number of nitrogens with one attached hydrogen (secondary N) is 1. The third-order valence-electron chi connectivity index (χ3n) is 2.18. The molecule has 20 heavy (non-hydrogen) atoms. The number of alkyl halides is 3. The van der Waals surface area contributed by atoms with Gasteiger partial charge >= 0.3 is 12.1 Å². The molecule has 0 radical (unpaired) electrons. The molecule has 1 rings (SSSR count). The van der Waals surface area contributed by atoms with E-state index in [0.717, 1.165) is 0 Å². The number of carbonyl (C=O) groups excluding carboxylic acids is 1. The third-order valence-corrected chi connectivity index (χ3v) is 2.18. The van der Waals surface area contributed by atoms with E-state index in [9.17, 15) is 22.8 Å². The van der Waals surface area contributed by atoms with Crippen LogP contribution in [0, 0.1) is 0 Å². The number of amides is 1. The van der Waals surface area contributed by atoms with E-state index in [4.69, 9.17) is 5.11 Å². The maximum absolute atomic E-state index is 11.8. The largest absolute Gasteiger partial charge is 0.479 e. The first-order valence-electron chi connectivity index (χ1n) is 5.51. The van der Waals surface area contributed by atoms with Crippen LogP contribution in [0.15, 0.2) is 30.3 Å². The molecule has 0 aliphatic rings. The molecule has 0 fully saturated rings. The number of rotatable bonds is 6. The van der Waals surface area contributed by atoms with Crippen LogP contribution in [0.3, 0.4) is 0 Å². The van der Waals surface area contributed by atoms with Crippen LogP contribution in [0.25, 0.3) is 0 Å². The molecule has 110 valence electrons. The summed E-state index contributed by atoms with van der Waals surface area (Å²) in [4.78, 5) is 22.4. The van der Waals surface area contributed by atoms with Crippen LogP contribution in [-0.4, -0.2) is 36.4 Å². The van der Waals surface area contributed by atoms with Crippen LogP contribution in [0.2, 0.25) is 0 Å². The molecule has 1 amide bonds. The minimum Gasteiger partial charge on any atom is -0.479 e. The Morgan fingerprint density at radius 2 is 1.85 bits per heavy atom. The summed E-state index contributed by atoms with van der Waals surface area (Å²) in [6, 6.07) is 6.45. The maximum Gasteiger partial charge on any atom is 0.411 e. The van der Waals surface area contributed by atoms with Crippen molar-refractivity contribution >= 4 is 11.9 Å². The standard InChI is InChI=1S/C12H12F3NO4/c13-12(14,15)7-20-6-9(17)16-10(11(18)19)8-4-2-1-3-5-8/h1-5,10H,6-7H2,(H,16,17)(H,18,19)/t10-/m1/s1. The van der Waals surface area contributed by atoms with E-state index >= 15 is 0 Å². The SMILES string of the molecule is O=C(COCC(F)(F)F)N[C@@H](C(=O)O)c1ccccc1. The van der Waals surface area contributed by atoms with Crippen molar-refractivity contribution in [2.75, 3.05) is 13.2 Å². The molecule has 0 aliphatic carbocycles. The summed E-state index contributed by atoms with van der Waals surface area (Å²) < 4.78 is 39.6. The molecule has 0 heterocycles. The van der Waals surface area contributed by atoms with Gasteiger partial charge in [-0.2, -0.15) is 13.2 Å². The highest BCUT2D eigenvalue weighted by Gasteiger charge is 2.28. The predicted molar refractivity (Wildman–Crippen MR) is 61.8 cm³/mol. The number of hydrogen-bond donors (Lipinski definition) is 2. The van der Waals surface area contributed by atoms with Gasteiger partial charge in [-0.15, -0.1) is 0 Å². The Hall–Kier alpha value is -2.09. The lowest BCUT2D eigenvalue weighted by Crippen LogP contribution is -2.36. The molecular formula is C12H12F3NO4. The number of carboxylic acids is 1. The highest BCUT2D eigenvalue weighted by atomic mass is 19.4. The zero-order chi connectivity index (χ0) is 15.2. The molecule has 0 unspecified atom stereocenters. The summed E-state index contributed by atoms with van der Waals surface area (Å²) in [6.07, 6.45) is -4.54. The van der Waals surface area contributed by atoms with Crippen molar-refractivity contribution in [2.24, 2.45) is 0 Å². The number of carbonyl (C=O) groups is 2. The molecular weight excluding hydrogens is 279 g/mol. The van der Waals surface area contributed by atoms with Crippen molar-refractivity contribution < 1.29 is 32.6 Å². The molecule has 8 heteroatoms. The van der Waals surface area contributed by atoms with E-state index in [1.165, 1.54) is 12.1 Å². The van der Waals surface area contributed by atoms with E-state index < -0.39 is 37.3 Å². The van der Waals surface area contributed by atoms with Crippen molar-refractivity contribution in [1.82, 2.24) is 5.32 Å². The average Bonchev–Trinajstić information content (AvgIpc) is 2.35. The van der Waals surface area contributed by atoms with Gasteiger partial charge in [0.05, 0.1) is 0 Å². The summed E-state index contributed by atoms with van der Waals surface area (Å²) in [5.41, 5.74) is 0.309. The smallest absolute Gasteiger partial charge is 0.411 e.